The molecule has 1 aromatic heterocycles. The van der Waals surface area contributed by atoms with Crippen molar-refractivity contribution in [2.45, 2.75) is 31.7 Å². The third kappa shape index (κ3) is 4.07. The molecule has 6 heteroatoms. The summed E-state index contributed by atoms with van der Waals surface area (Å²) in [7, 11) is 0. The normalized spacial score (nSPS) is 15.7. The zero-order chi connectivity index (χ0) is 14.4. The van der Waals surface area contributed by atoms with Crippen LogP contribution in [-0.4, -0.2) is 16.9 Å². The molecule has 2 N–H and O–H groups in total. The summed E-state index contributed by atoms with van der Waals surface area (Å²) >= 11 is 3.29. The summed E-state index contributed by atoms with van der Waals surface area (Å²) in [4.78, 5) is 16.0. The number of aromatic nitrogens is 1. The van der Waals surface area contributed by atoms with Crippen LogP contribution in [0.4, 0.5) is 5.82 Å². The molecule has 0 bridgehead atoms. The topological polar surface area (TPSA) is 77.8 Å². The molecule has 1 saturated carbocycles. The summed E-state index contributed by atoms with van der Waals surface area (Å²) < 4.78 is 0.867. The largest absolute Gasteiger partial charge is 0.349 e. The van der Waals surface area contributed by atoms with E-state index in [9.17, 15) is 4.79 Å². The van der Waals surface area contributed by atoms with Gasteiger partial charge < -0.3 is 10.6 Å². The lowest BCUT2D eigenvalue weighted by atomic mass is 10.2. The molecule has 1 aliphatic carbocycles. The average Bonchev–Trinajstić information content (AvgIpc) is 2.94. The second-order valence-electron chi connectivity index (χ2n) is 4.63. The number of nitrogens with zero attached hydrogens (tertiary/aromatic N) is 2. The fourth-order valence-electron chi connectivity index (χ4n) is 2.09. The van der Waals surface area contributed by atoms with Crippen molar-refractivity contribution in [3.05, 3.63) is 34.6 Å². The minimum atomic E-state index is -0.330. The van der Waals surface area contributed by atoms with E-state index in [1.807, 2.05) is 12.1 Å². The summed E-state index contributed by atoms with van der Waals surface area (Å²) in [5.74, 6) is 0.249. The van der Waals surface area contributed by atoms with E-state index in [-0.39, 0.29) is 17.5 Å². The first kappa shape index (κ1) is 14.5. The van der Waals surface area contributed by atoms with Crippen molar-refractivity contribution in [3.8, 4) is 6.07 Å². The van der Waals surface area contributed by atoms with Crippen molar-refractivity contribution >= 4 is 27.7 Å². The van der Waals surface area contributed by atoms with Crippen molar-refractivity contribution < 1.29 is 4.79 Å². The number of carbonyl (C=O) groups is 1. The fourth-order valence-corrected chi connectivity index (χ4v) is 2.32. The Hall–Kier alpha value is -1.87. The maximum absolute atomic E-state index is 11.9. The van der Waals surface area contributed by atoms with Crippen LogP contribution in [0, 0.1) is 11.3 Å². The quantitative estimate of drug-likeness (QED) is 0.655. The Morgan fingerprint density at radius 1 is 1.45 bits per heavy atom. The van der Waals surface area contributed by atoms with Gasteiger partial charge in [-0.1, -0.05) is 12.8 Å². The summed E-state index contributed by atoms with van der Waals surface area (Å²) in [5, 5.41) is 14.8. The molecule has 1 aromatic rings. The van der Waals surface area contributed by atoms with Crippen LogP contribution in [0.3, 0.4) is 0 Å². The number of rotatable bonds is 4. The van der Waals surface area contributed by atoms with Crippen molar-refractivity contribution in [1.82, 2.24) is 10.3 Å². The zero-order valence-corrected chi connectivity index (χ0v) is 12.5. The molecule has 1 heterocycles. The number of hydrogen-bond donors (Lipinski definition) is 2. The van der Waals surface area contributed by atoms with Crippen LogP contribution in [-0.2, 0) is 4.79 Å². The van der Waals surface area contributed by atoms with E-state index in [0.29, 0.717) is 5.82 Å². The first-order valence-electron chi connectivity index (χ1n) is 6.48. The minimum absolute atomic E-state index is 0.0571. The summed E-state index contributed by atoms with van der Waals surface area (Å²) in [5.41, 5.74) is 0.0571. The van der Waals surface area contributed by atoms with Crippen LogP contribution in [0.5, 0.6) is 0 Å². The zero-order valence-electron chi connectivity index (χ0n) is 10.9. The van der Waals surface area contributed by atoms with E-state index in [4.69, 9.17) is 5.26 Å². The molecule has 1 aliphatic rings. The Balaban J connectivity index is 1.96. The average molecular weight is 335 g/mol. The van der Waals surface area contributed by atoms with Crippen LogP contribution in [0.25, 0.3) is 0 Å². The number of anilines is 1. The third-order valence-corrected chi connectivity index (χ3v) is 3.62. The molecular weight excluding hydrogens is 320 g/mol. The maximum Gasteiger partial charge on any atom is 0.263 e. The molecule has 0 spiro atoms. The van der Waals surface area contributed by atoms with Crippen molar-refractivity contribution in [2.75, 3.05) is 5.32 Å². The second kappa shape index (κ2) is 7.06. The number of carbonyl (C=O) groups excluding carboxylic acids is 1. The number of pyridine rings is 1. The van der Waals surface area contributed by atoms with Crippen molar-refractivity contribution in [2.24, 2.45) is 0 Å². The fraction of sp³-hybridized carbons (Fsp3) is 0.357. The Morgan fingerprint density at radius 2 is 2.20 bits per heavy atom. The van der Waals surface area contributed by atoms with Gasteiger partial charge in [-0.3, -0.25) is 4.79 Å². The van der Waals surface area contributed by atoms with Crippen LogP contribution < -0.4 is 10.6 Å². The van der Waals surface area contributed by atoms with E-state index in [1.165, 1.54) is 6.20 Å². The minimum Gasteiger partial charge on any atom is -0.349 e. The van der Waals surface area contributed by atoms with Gasteiger partial charge in [0.1, 0.15) is 17.5 Å². The molecule has 0 aromatic carbocycles. The molecule has 1 fully saturated rings. The van der Waals surface area contributed by atoms with E-state index in [2.05, 4.69) is 31.5 Å². The number of nitrogens with one attached hydrogen (secondary N) is 2. The number of amides is 1. The van der Waals surface area contributed by atoms with Gasteiger partial charge in [-0.05, 0) is 40.9 Å². The maximum atomic E-state index is 11.9. The molecule has 0 unspecified atom stereocenters. The smallest absolute Gasteiger partial charge is 0.263 e. The van der Waals surface area contributed by atoms with E-state index in [0.717, 1.165) is 30.2 Å². The van der Waals surface area contributed by atoms with Gasteiger partial charge in [0.25, 0.3) is 5.91 Å². The number of nitriles is 1. The van der Waals surface area contributed by atoms with Crippen molar-refractivity contribution in [1.29, 1.82) is 5.26 Å². The third-order valence-electron chi connectivity index (χ3n) is 3.15. The molecule has 104 valence electrons. The first-order valence-corrected chi connectivity index (χ1v) is 7.27. The van der Waals surface area contributed by atoms with Gasteiger partial charge in [-0.25, -0.2) is 4.98 Å². The molecule has 0 atom stereocenters. The first-order chi connectivity index (χ1) is 9.69. The van der Waals surface area contributed by atoms with Crippen LogP contribution in [0.15, 0.2) is 34.6 Å². The van der Waals surface area contributed by atoms with E-state index >= 15 is 0 Å². The lowest BCUT2D eigenvalue weighted by molar-refractivity contribution is -0.117. The Bertz CT molecular complexity index is 541. The standard InChI is InChI=1S/C14H15BrN4O/c15-11-5-6-13(18-9-11)17-8-10(7-16)14(20)19-12-3-1-2-4-12/h5-6,8-9,12H,1-4H2,(H,17,18)(H,19,20)/b10-8-. The van der Waals surface area contributed by atoms with Gasteiger partial charge >= 0.3 is 0 Å². The molecule has 2 rings (SSSR count). The van der Waals surface area contributed by atoms with Gasteiger partial charge in [0.15, 0.2) is 0 Å². The number of halogens is 1. The summed E-state index contributed by atoms with van der Waals surface area (Å²) in [6.45, 7) is 0. The summed E-state index contributed by atoms with van der Waals surface area (Å²) in [6, 6.07) is 5.69. The molecule has 1 amide bonds. The predicted molar refractivity (Wildman–Crippen MR) is 79.7 cm³/mol. The van der Waals surface area contributed by atoms with E-state index in [1.54, 1.807) is 12.3 Å². The van der Waals surface area contributed by atoms with Gasteiger partial charge in [-0.15, -0.1) is 0 Å². The highest BCUT2D eigenvalue weighted by Gasteiger charge is 2.19. The molecule has 0 radical (unpaired) electrons. The molecular formula is C14H15BrN4O. The van der Waals surface area contributed by atoms with Gasteiger partial charge in [0, 0.05) is 22.9 Å². The predicted octanol–water partition coefficient (Wildman–Crippen LogP) is 2.72. The Kier molecular flexibility index (Phi) is 5.13. The Labute approximate surface area is 126 Å². The second-order valence-corrected chi connectivity index (χ2v) is 5.55. The van der Waals surface area contributed by atoms with Crippen LogP contribution in [0.2, 0.25) is 0 Å². The molecule has 0 aliphatic heterocycles. The highest BCUT2D eigenvalue weighted by Crippen LogP contribution is 2.18. The molecule has 20 heavy (non-hydrogen) atoms. The van der Waals surface area contributed by atoms with Crippen molar-refractivity contribution in [3.63, 3.8) is 0 Å². The van der Waals surface area contributed by atoms with E-state index < -0.39 is 0 Å². The lowest BCUT2D eigenvalue weighted by Gasteiger charge is -2.11. The van der Waals surface area contributed by atoms with Gasteiger partial charge in [-0.2, -0.15) is 5.26 Å². The summed E-state index contributed by atoms with van der Waals surface area (Å²) in [6.07, 6.45) is 7.29. The monoisotopic (exact) mass is 334 g/mol. The van der Waals surface area contributed by atoms with Crippen LogP contribution in [0.1, 0.15) is 25.7 Å². The number of hydrogen-bond acceptors (Lipinski definition) is 4. The molecule has 0 saturated heterocycles. The van der Waals surface area contributed by atoms with Crippen LogP contribution >= 0.6 is 15.9 Å². The van der Waals surface area contributed by atoms with Gasteiger partial charge in [0.2, 0.25) is 0 Å². The lowest BCUT2D eigenvalue weighted by Crippen LogP contribution is -2.33. The Morgan fingerprint density at radius 3 is 2.80 bits per heavy atom. The van der Waals surface area contributed by atoms with Gasteiger partial charge in [0.05, 0.1) is 0 Å². The highest BCUT2D eigenvalue weighted by molar-refractivity contribution is 9.10. The SMILES string of the molecule is N#C/C(=C/Nc1ccc(Br)cn1)C(=O)NC1CCCC1. The molecule has 5 nitrogen and oxygen atoms in total. The highest BCUT2D eigenvalue weighted by atomic mass is 79.9.